The molecule has 0 unspecified atom stereocenters. The van der Waals surface area contributed by atoms with Crippen molar-refractivity contribution in [1.29, 1.82) is 0 Å². The van der Waals surface area contributed by atoms with E-state index in [4.69, 9.17) is 0 Å². The number of aromatic nitrogens is 1. The summed E-state index contributed by atoms with van der Waals surface area (Å²) in [5, 5.41) is 0. The van der Waals surface area contributed by atoms with Crippen molar-refractivity contribution in [2.45, 2.75) is 20.8 Å². The summed E-state index contributed by atoms with van der Waals surface area (Å²) >= 11 is 0. The zero-order valence-electron chi connectivity index (χ0n) is 8.63. The quantitative estimate of drug-likeness (QED) is 0.610. The van der Waals surface area contributed by atoms with Gasteiger partial charge in [-0.15, -0.1) is 0 Å². The lowest BCUT2D eigenvalue weighted by Crippen LogP contribution is -2.04. The first kappa shape index (κ1) is 11.6. The van der Waals surface area contributed by atoms with E-state index in [1.165, 1.54) is 5.44 Å². The lowest BCUT2D eigenvalue weighted by molar-refractivity contribution is 1.24. The van der Waals surface area contributed by atoms with Gasteiger partial charge in [0.1, 0.15) is 0 Å². The first-order chi connectivity index (χ1) is 5.70. The van der Waals surface area contributed by atoms with Crippen molar-refractivity contribution in [3.8, 4) is 0 Å². The molecule has 0 aliphatic carbocycles. The first-order valence-electron chi connectivity index (χ1n) is 4.31. The minimum Gasteiger partial charge on any atom is -0.253 e. The van der Waals surface area contributed by atoms with Crippen LogP contribution in [0.4, 0.5) is 0 Å². The molecule has 68 valence electrons. The Kier molecular flexibility index (Phi) is 5.92. The van der Waals surface area contributed by atoms with Crippen LogP contribution in [0.5, 0.6) is 0 Å². The van der Waals surface area contributed by atoms with Crippen LogP contribution in [-0.2, 0) is 0 Å². The molecule has 2 heteroatoms. The van der Waals surface area contributed by atoms with Crippen LogP contribution in [0.15, 0.2) is 18.2 Å². The molecule has 1 aromatic rings. The predicted molar refractivity (Wildman–Crippen MR) is 58.7 cm³/mol. The van der Waals surface area contributed by atoms with Crippen molar-refractivity contribution in [1.82, 2.24) is 4.98 Å². The summed E-state index contributed by atoms with van der Waals surface area (Å²) in [5.41, 5.74) is 2.36. The number of aryl methyl sites for hydroxylation is 1. The number of pyridine rings is 1. The summed E-state index contributed by atoms with van der Waals surface area (Å²) in [6.07, 6.45) is 0. The third kappa shape index (κ3) is 3.82. The molecule has 0 bridgehead atoms. The second-order valence-corrected chi connectivity index (χ2v) is 4.78. The summed E-state index contributed by atoms with van der Waals surface area (Å²) in [6, 6.07) is 6.20. The average molecular weight is 183 g/mol. The van der Waals surface area contributed by atoms with E-state index in [0.717, 1.165) is 5.69 Å². The van der Waals surface area contributed by atoms with Crippen molar-refractivity contribution in [3.63, 3.8) is 0 Å². The van der Waals surface area contributed by atoms with Crippen molar-refractivity contribution in [3.05, 3.63) is 23.9 Å². The van der Waals surface area contributed by atoms with Crippen LogP contribution in [0.1, 0.15) is 19.5 Å². The third-order valence-electron chi connectivity index (χ3n) is 1.33. The molecule has 0 amide bonds. The Hall–Kier alpha value is -0.420. The minimum atomic E-state index is -0.0229. The number of rotatable bonds is 1. The topological polar surface area (TPSA) is 12.9 Å². The standard InChI is InChI=1S/C8H12NP.C2H6/c1-7-5-4-6-8(9-7)10(2)3;1-2/h4-6H,1-3H3;1-2H3. The smallest absolute Gasteiger partial charge is 0.0628 e. The van der Waals surface area contributed by atoms with Crippen LogP contribution in [0.25, 0.3) is 0 Å². The molecule has 0 spiro atoms. The highest BCUT2D eigenvalue weighted by molar-refractivity contribution is 7.63. The summed E-state index contributed by atoms with van der Waals surface area (Å²) in [4.78, 5) is 4.40. The van der Waals surface area contributed by atoms with Crippen LogP contribution >= 0.6 is 7.92 Å². The number of hydrogen-bond donors (Lipinski definition) is 0. The maximum atomic E-state index is 4.40. The molecule has 0 fully saturated rings. The molecule has 1 aromatic heterocycles. The average Bonchev–Trinajstić information content (AvgIpc) is 2.08. The van der Waals surface area contributed by atoms with Crippen molar-refractivity contribution in [2.75, 3.05) is 13.3 Å². The Balaban J connectivity index is 0.000000561. The SMILES string of the molecule is CC.Cc1cccc(P(C)C)n1. The van der Waals surface area contributed by atoms with E-state index < -0.39 is 0 Å². The highest BCUT2D eigenvalue weighted by Crippen LogP contribution is 2.21. The van der Waals surface area contributed by atoms with Crippen molar-refractivity contribution in [2.24, 2.45) is 0 Å². The van der Waals surface area contributed by atoms with Crippen LogP contribution in [0.2, 0.25) is 0 Å². The molecule has 0 saturated carbocycles. The largest absolute Gasteiger partial charge is 0.253 e. The minimum absolute atomic E-state index is 0.0229. The van der Waals surface area contributed by atoms with Gasteiger partial charge >= 0.3 is 0 Å². The van der Waals surface area contributed by atoms with Crippen LogP contribution < -0.4 is 5.44 Å². The second kappa shape index (κ2) is 6.14. The van der Waals surface area contributed by atoms with Gasteiger partial charge < -0.3 is 0 Å². The van der Waals surface area contributed by atoms with Gasteiger partial charge in [0, 0.05) is 5.69 Å². The Morgan fingerprint density at radius 3 is 2.08 bits per heavy atom. The second-order valence-electron chi connectivity index (χ2n) is 2.53. The molecule has 12 heavy (non-hydrogen) atoms. The van der Waals surface area contributed by atoms with E-state index in [1.807, 2.05) is 26.8 Å². The molecule has 1 rings (SSSR count). The molecular weight excluding hydrogens is 165 g/mol. The molecule has 0 saturated heterocycles. The summed E-state index contributed by atoms with van der Waals surface area (Å²) < 4.78 is 0. The zero-order chi connectivity index (χ0) is 9.56. The maximum absolute atomic E-state index is 4.40. The Morgan fingerprint density at radius 1 is 1.17 bits per heavy atom. The monoisotopic (exact) mass is 183 g/mol. The lowest BCUT2D eigenvalue weighted by atomic mass is 10.4. The van der Waals surface area contributed by atoms with E-state index in [-0.39, 0.29) is 7.92 Å². The van der Waals surface area contributed by atoms with Crippen molar-refractivity contribution >= 4 is 13.4 Å². The Labute approximate surface area is 77.0 Å². The van der Waals surface area contributed by atoms with Gasteiger partial charge in [0.2, 0.25) is 0 Å². The summed E-state index contributed by atoms with van der Waals surface area (Å²) in [7, 11) is -0.0229. The van der Waals surface area contributed by atoms with Gasteiger partial charge in [-0.3, -0.25) is 4.98 Å². The van der Waals surface area contributed by atoms with Gasteiger partial charge in [-0.05, 0) is 32.4 Å². The van der Waals surface area contributed by atoms with Gasteiger partial charge in [0.15, 0.2) is 0 Å². The van der Waals surface area contributed by atoms with Crippen molar-refractivity contribution < 1.29 is 0 Å². The van der Waals surface area contributed by atoms with Gasteiger partial charge in [-0.2, -0.15) is 0 Å². The fourth-order valence-corrected chi connectivity index (χ4v) is 1.52. The van der Waals surface area contributed by atoms with E-state index in [1.54, 1.807) is 0 Å². The van der Waals surface area contributed by atoms with Crippen LogP contribution in [0.3, 0.4) is 0 Å². The van der Waals surface area contributed by atoms with Gasteiger partial charge in [0.25, 0.3) is 0 Å². The van der Waals surface area contributed by atoms with Gasteiger partial charge in [-0.25, -0.2) is 0 Å². The zero-order valence-corrected chi connectivity index (χ0v) is 9.52. The summed E-state index contributed by atoms with van der Waals surface area (Å²) in [5.74, 6) is 0. The maximum Gasteiger partial charge on any atom is 0.0628 e. The highest BCUT2D eigenvalue weighted by atomic mass is 31.1. The molecule has 0 aromatic carbocycles. The third-order valence-corrected chi connectivity index (χ3v) is 2.50. The van der Waals surface area contributed by atoms with Crippen LogP contribution in [0, 0.1) is 6.92 Å². The van der Waals surface area contributed by atoms with E-state index in [9.17, 15) is 0 Å². The molecule has 0 aliphatic rings. The lowest BCUT2D eigenvalue weighted by Gasteiger charge is -2.03. The van der Waals surface area contributed by atoms with E-state index >= 15 is 0 Å². The molecule has 0 aliphatic heterocycles. The normalized spacial score (nSPS) is 9.17. The van der Waals surface area contributed by atoms with E-state index in [0.29, 0.717) is 0 Å². The Bertz CT molecular complexity index is 221. The first-order valence-corrected chi connectivity index (χ1v) is 6.55. The molecule has 0 atom stereocenters. The fourth-order valence-electron chi connectivity index (χ4n) is 0.778. The number of nitrogens with zero attached hydrogens (tertiary/aromatic N) is 1. The summed E-state index contributed by atoms with van der Waals surface area (Å²) in [6.45, 7) is 10.5. The Morgan fingerprint density at radius 2 is 1.75 bits per heavy atom. The predicted octanol–water partition coefficient (Wildman–Crippen LogP) is 2.78. The van der Waals surface area contributed by atoms with Crippen LogP contribution in [-0.4, -0.2) is 18.3 Å². The molecular formula is C10H18NP. The van der Waals surface area contributed by atoms with Gasteiger partial charge in [-0.1, -0.05) is 27.8 Å². The molecule has 0 N–H and O–H groups in total. The number of hydrogen-bond acceptors (Lipinski definition) is 1. The fraction of sp³-hybridized carbons (Fsp3) is 0.500. The van der Waals surface area contributed by atoms with E-state index in [2.05, 4.69) is 30.4 Å². The molecule has 1 nitrogen and oxygen atoms in total. The van der Waals surface area contributed by atoms with Gasteiger partial charge in [0.05, 0.1) is 5.44 Å². The molecule has 1 heterocycles. The molecule has 0 radical (unpaired) electrons. The highest BCUT2D eigenvalue weighted by Gasteiger charge is 1.97.